The minimum atomic E-state index is -3.77. The third kappa shape index (κ3) is 6.09. The van der Waals surface area contributed by atoms with E-state index in [0.29, 0.717) is 23.5 Å². The summed E-state index contributed by atoms with van der Waals surface area (Å²) in [4.78, 5) is 14.7. The van der Waals surface area contributed by atoms with Gasteiger partial charge in [0.25, 0.3) is 15.9 Å². The van der Waals surface area contributed by atoms with Gasteiger partial charge < -0.3 is 15.0 Å². The fourth-order valence-electron chi connectivity index (χ4n) is 3.16. The lowest BCUT2D eigenvalue weighted by Crippen LogP contribution is -2.24. The van der Waals surface area contributed by atoms with Crippen LogP contribution >= 0.6 is 0 Å². The third-order valence-electron chi connectivity index (χ3n) is 4.81. The molecule has 2 N–H and O–H groups in total. The van der Waals surface area contributed by atoms with Crippen LogP contribution in [0, 0.1) is 0 Å². The van der Waals surface area contributed by atoms with E-state index >= 15 is 0 Å². The summed E-state index contributed by atoms with van der Waals surface area (Å²) >= 11 is 0. The van der Waals surface area contributed by atoms with Crippen LogP contribution in [0.2, 0.25) is 0 Å². The van der Waals surface area contributed by atoms with E-state index in [1.54, 1.807) is 31.4 Å². The summed E-state index contributed by atoms with van der Waals surface area (Å²) in [7, 11) is 1.76. The number of carbonyl (C=O) groups is 1. The minimum Gasteiger partial charge on any atom is -0.497 e. The van der Waals surface area contributed by atoms with Crippen LogP contribution in [-0.2, 0) is 23.1 Å². The standard InChI is InChI=1S/C24H27N3O4S/c1-27(2)17-20-7-5-4-6-19(20)16-25-24(28)18-8-14-23(15-9-18)32(29,30)26-21-10-12-22(31-3)13-11-21/h4-15,26H,16-17H2,1-3H3,(H,25,28). The number of amides is 1. The monoisotopic (exact) mass is 453 g/mol. The van der Waals surface area contributed by atoms with E-state index < -0.39 is 10.0 Å². The number of nitrogens with zero attached hydrogens (tertiary/aromatic N) is 1. The second-order valence-electron chi connectivity index (χ2n) is 7.55. The van der Waals surface area contributed by atoms with Gasteiger partial charge in [0.1, 0.15) is 5.75 Å². The Hall–Kier alpha value is -3.36. The Morgan fingerprint density at radius 2 is 1.53 bits per heavy atom. The lowest BCUT2D eigenvalue weighted by molar-refractivity contribution is 0.0950. The maximum atomic E-state index is 12.6. The number of nitrogens with one attached hydrogen (secondary N) is 2. The van der Waals surface area contributed by atoms with Crippen LogP contribution in [0.4, 0.5) is 5.69 Å². The Bertz CT molecular complexity index is 1160. The van der Waals surface area contributed by atoms with Crippen molar-refractivity contribution in [3.8, 4) is 5.75 Å². The van der Waals surface area contributed by atoms with Crippen molar-refractivity contribution >= 4 is 21.6 Å². The Morgan fingerprint density at radius 1 is 0.906 bits per heavy atom. The van der Waals surface area contributed by atoms with Crippen LogP contribution in [0.25, 0.3) is 0 Å². The van der Waals surface area contributed by atoms with Crippen LogP contribution < -0.4 is 14.8 Å². The highest BCUT2D eigenvalue weighted by Gasteiger charge is 2.15. The van der Waals surface area contributed by atoms with Crippen molar-refractivity contribution in [1.29, 1.82) is 0 Å². The van der Waals surface area contributed by atoms with Crippen molar-refractivity contribution in [2.75, 3.05) is 25.9 Å². The number of hydrogen-bond donors (Lipinski definition) is 2. The van der Waals surface area contributed by atoms with E-state index in [2.05, 4.69) is 14.9 Å². The van der Waals surface area contributed by atoms with E-state index in [9.17, 15) is 13.2 Å². The molecule has 32 heavy (non-hydrogen) atoms. The number of hydrogen-bond acceptors (Lipinski definition) is 5. The van der Waals surface area contributed by atoms with Crippen LogP contribution in [-0.4, -0.2) is 40.4 Å². The summed E-state index contributed by atoms with van der Waals surface area (Å²) in [6.07, 6.45) is 0. The molecular weight excluding hydrogens is 426 g/mol. The summed E-state index contributed by atoms with van der Waals surface area (Å²) in [5.74, 6) is 0.365. The SMILES string of the molecule is COc1ccc(NS(=O)(=O)c2ccc(C(=O)NCc3ccccc3CN(C)C)cc2)cc1. The summed E-state index contributed by atoms with van der Waals surface area (Å²) in [5, 5.41) is 2.90. The molecule has 0 bridgehead atoms. The molecule has 168 valence electrons. The average Bonchev–Trinajstić information content (AvgIpc) is 2.78. The Labute approximate surface area is 189 Å². The number of carbonyl (C=O) groups excluding carboxylic acids is 1. The van der Waals surface area contributed by atoms with Crippen LogP contribution in [0.1, 0.15) is 21.5 Å². The molecule has 0 saturated carbocycles. The number of sulfonamides is 1. The van der Waals surface area contributed by atoms with E-state index in [-0.39, 0.29) is 10.8 Å². The molecule has 3 rings (SSSR count). The van der Waals surface area contributed by atoms with Crippen molar-refractivity contribution < 1.29 is 17.9 Å². The van der Waals surface area contributed by atoms with Gasteiger partial charge in [0.15, 0.2) is 0 Å². The van der Waals surface area contributed by atoms with Gasteiger partial charge in [-0.3, -0.25) is 9.52 Å². The molecule has 0 unspecified atom stereocenters. The molecule has 0 spiro atoms. The van der Waals surface area contributed by atoms with Gasteiger partial charge in [-0.25, -0.2) is 8.42 Å². The van der Waals surface area contributed by atoms with Crippen molar-refractivity contribution in [3.05, 3.63) is 89.5 Å². The highest BCUT2D eigenvalue weighted by Crippen LogP contribution is 2.20. The molecule has 0 atom stereocenters. The predicted octanol–water partition coefficient (Wildman–Crippen LogP) is 3.49. The number of methoxy groups -OCH3 is 1. The molecule has 0 aromatic heterocycles. The van der Waals surface area contributed by atoms with Gasteiger partial charge in [-0.15, -0.1) is 0 Å². The number of ether oxygens (including phenoxy) is 1. The fraction of sp³-hybridized carbons (Fsp3) is 0.208. The minimum absolute atomic E-state index is 0.0706. The molecule has 3 aromatic carbocycles. The molecular formula is C24H27N3O4S. The normalized spacial score (nSPS) is 11.2. The lowest BCUT2D eigenvalue weighted by Gasteiger charge is -2.15. The van der Waals surface area contributed by atoms with Gasteiger partial charge in [-0.2, -0.15) is 0 Å². The zero-order valence-corrected chi connectivity index (χ0v) is 19.1. The van der Waals surface area contributed by atoms with Crippen LogP contribution in [0.5, 0.6) is 5.75 Å². The van der Waals surface area contributed by atoms with Crippen LogP contribution in [0.3, 0.4) is 0 Å². The van der Waals surface area contributed by atoms with Crippen molar-refractivity contribution in [3.63, 3.8) is 0 Å². The quantitative estimate of drug-likeness (QED) is 0.518. The molecule has 7 nitrogen and oxygen atoms in total. The predicted molar refractivity (Wildman–Crippen MR) is 125 cm³/mol. The highest BCUT2D eigenvalue weighted by molar-refractivity contribution is 7.92. The maximum absolute atomic E-state index is 12.6. The fourth-order valence-corrected chi connectivity index (χ4v) is 4.22. The molecule has 3 aromatic rings. The van der Waals surface area contributed by atoms with E-state index in [1.165, 1.54) is 24.3 Å². The first-order chi connectivity index (χ1) is 15.3. The summed E-state index contributed by atoms with van der Waals surface area (Å²) in [5.41, 5.74) is 2.99. The first-order valence-electron chi connectivity index (χ1n) is 10.0. The van der Waals surface area contributed by atoms with Gasteiger partial charge in [-0.1, -0.05) is 24.3 Å². The molecule has 0 saturated heterocycles. The zero-order valence-electron chi connectivity index (χ0n) is 18.3. The smallest absolute Gasteiger partial charge is 0.261 e. The molecule has 0 radical (unpaired) electrons. The van der Waals surface area contributed by atoms with E-state index in [4.69, 9.17) is 4.74 Å². The number of rotatable bonds is 9. The number of benzene rings is 3. The number of anilines is 1. The molecule has 0 aliphatic carbocycles. The lowest BCUT2D eigenvalue weighted by atomic mass is 10.1. The largest absolute Gasteiger partial charge is 0.497 e. The van der Waals surface area contributed by atoms with Crippen molar-refractivity contribution in [2.45, 2.75) is 18.0 Å². The van der Waals surface area contributed by atoms with Gasteiger partial charge in [0.05, 0.1) is 12.0 Å². The second kappa shape index (κ2) is 10.3. The summed E-state index contributed by atoms with van der Waals surface area (Å²) in [6, 6.07) is 20.4. The third-order valence-corrected chi connectivity index (χ3v) is 6.21. The maximum Gasteiger partial charge on any atom is 0.261 e. The van der Waals surface area contributed by atoms with Crippen LogP contribution in [0.15, 0.2) is 77.7 Å². The van der Waals surface area contributed by atoms with Gasteiger partial charge >= 0.3 is 0 Å². The Kier molecular flexibility index (Phi) is 7.50. The summed E-state index contributed by atoms with van der Waals surface area (Å²) in [6.45, 7) is 1.17. The highest BCUT2D eigenvalue weighted by atomic mass is 32.2. The molecule has 0 fully saturated rings. The Morgan fingerprint density at radius 3 is 2.12 bits per heavy atom. The first-order valence-corrected chi connectivity index (χ1v) is 11.5. The van der Waals surface area contributed by atoms with E-state index in [0.717, 1.165) is 17.7 Å². The van der Waals surface area contributed by atoms with Gasteiger partial charge in [-0.05, 0) is 73.8 Å². The molecule has 0 heterocycles. The summed E-state index contributed by atoms with van der Waals surface area (Å²) < 4.78 is 32.8. The van der Waals surface area contributed by atoms with Crippen molar-refractivity contribution in [1.82, 2.24) is 10.2 Å². The van der Waals surface area contributed by atoms with Gasteiger partial charge in [0, 0.05) is 24.3 Å². The molecule has 0 aliphatic heterocycles. The zero-order chi connectivity index (χ0) is 23.1. The molecule has 0 aliphatic rings. The second-order valence-corrected chi connectivity index (χ2v) is 9.23. The van der Waals surface area contributed by atoms with Crippen molar-refractivity contribution in [2.24, 2.45) is 0 Å². The topological polar surface area (TPSA) is 87.7 Å². The Balaban J connectivity index is 1.65. The van der Waals surface area contributed by atoms with E-state index in [1.807, 2.05) is 38.4 Å². The molecule has 8 heteroatoms. The first kappa shape index (κ1) is 23.3. The molecule has 1 amide bonds. The van der Waals surface area contributed by atoms with Gasteiger partial charge in [0.2, 0.25) is 0 Å². The average molecular weight is 454 g/mol.